The second kappa shape index (κ2) is 8.46. The van der Waals surface area contributed by atoms with Gasteiger partial charge in [0.2, 0.25) is 0 Å². The minimum Gasteiger partial charge on any atom is -0.459 e. The molecule has 0 saturated carbocycles. The van der Waals surface area contributed by atoms with E-state index in [1.54, 1.807) is 17.8 Å². The zero-order valence-corrected chi connectivity index (χ0v) is 16.6. The number of hydrogen-bond donors (Lipinski definition) is 0. The SMILES string of the molecule is CSc1ccc2cc(COC(=O)Cn3cc(C(F)(F)F)ccc3=O)c(Cl)nc2c1. The molecule has 1 aromatic carbocycles. The van der Waals surface area contributed by atoms with Crippen molar-refractivity contribution in [1.29, 1.82) is 0 Å². The first-order chi connectivity index (χ1) is 13.7. The van der Waals surface area contributed by atoms with Crippen LogP contribution in [0.1, 0.15) is 11.1 Å². The Hall–Kier alpha value is -2.52. The van der Waals surface area contributed by atoms with Gasteiger partial charge in [0.15, 0.2) is 0 Å². The maximum absolute atomic E-state index is 12.8. The Labute approximate surface area is 172 Å². The van der Waals surface area contributed by atoms with Gasteiger partial charge in [0.1, 0.15) is 18.3 Å². The summed E-state index contributed by atoms with van der Waals surface area (Å²) in [5.74, 6) is -0.875. The number of thioether (sulfide) groups is 1. The molecule has 0 spiro atoms. The number of hydrogen-bond acceptors (Lipinski definition) is 5. The predicted molar refractivity (Wildman–Crippen MR) is 104 cm³/mol. The minimum atomic E-state index is -4.63. The number of esters is 1. The van der Waals surface area contributed by atoms with E-state index in [2.05, 4.69) is 4.98 Å². The molecule has 0 unspecified atom stereocenters. The first-order valence-electron chi connectivity index (χ1n) is 8.24. The summed E-state index contributed by atoms with van der Waals surface area (Å²) in [5, 5.41) is 0.951. The lowest BCUT2D eigenvalue weighted by Crippen LogP contribution is -2.26. The van der Waals surface area contributed by atoms with Crippen LogP contribution in [0.3, 0.4) is 0 Å². The molecule has 0 saturated heterocycles. The molecule has 0 fully saturated rings. The molecule has 3 rings (SSSR count). The van der Waals surface area contributed by atoms with Crippen LogP contribution in [0.15, 0.2) is 52.3 Å². The number of pyridine rings is 2. The highest BCUT2D eigenvalue weighted by molar-refractivity contribution is 7.98. The Morgan fingerprint density at radius 1 is 1.24 bits per heavy atom. The second-order valence-corrected chi connectivity index (χ2v) is 7.28. The van der Waals surface area contributed by atoms with Crippen LogP contribution < -0.4 is 5.56 Å². The standard InChI is InChI=1S/C19H14ClF3N2O3S/c1-29-14-4-2-11-6-12(18(20)24-15(11)7-14)10-28-17(27)9-25-8-13(19(21,22)23)3-5-16(25)26/h2-8H,9-10H2,1H3. The van der Waals surface area contributed by atoms with Gasteiger partial charge in [0, 0.05) is 28.1 Å². The Morgan fingerprint density at radius 3 is 2.69 bits per heavy atom. The number of nitrogens with zero attached hydrogens (tertiary/aromatic N) is 2. The van der Waals surface area contributed by atoms with Crippen molar-refractivity contribution in [2.24, 2.45) is 0 Å². The molecular formula is C19H14ClF3N2O3S. The van der Waals surface area contributed by atoms with Crippen molar-refractivity contribution >= 4 is 40.2 Å². The van der Waals surface area contributed by atoms with E-state index in [-0.39, 0.29) is 11.8 Å². The van der Waals surface area contributed by atoms with Crippen LogP contribution >= 0.6 is 23.4 Å². The van der Waals surface area contributed by atoms with Crippen molar-refractivity contribution < 1.29 is 22.7 Å². The average molecular weight is 443 g/mol. The van der Waals surface area contributed by atoms with Gasteiger partial charge in [-0.1, -0.05) is 17.7 Å². The molecule has 0 bridgehead atoms. The van der Waals surface area contributed by atoms with Gasteiger partial charge in [-0.25, -0.2) is 4.98 Å². The zero-order valence-electron chi connectivity index (χ0n) is 15.0. The summed E-state index contributed by atoms with van der Waals surface area (Å²) in [4.78, 5) is 29.0. The van der Waals surface area contributed by atoms with Crippen molar-refractivity contribution in [3.8, 4) is 0 Å². The summed E-state index contributed by atoms with van der Waals surface area (Å²) in [5.41, 5.74) is -0.644. The fraction of sp³-hybridized carbons (Fsp3) is 0.211. The van der Waals surface area contributed by atoms with Gasteiger partial charge < -0.3 is 9.30 Å². The van der Waals surface area contributed by atoms with E-state index < -0.39 is 29.8 Å². The van der Waals surface area contributed by atoms with E-state index in [4.69, 9.17) is 16.3 Å². The lowest BCUT2D eigenvalue weighted by molar-refractivity contribution is -0.146. The smallest absolute Gasteiger partial charge is 0.417 e. The van der Waals surface area contributed by atoms with Crippen molar-refractivity contribution in [1.82, 2.24) is 9.55 Å². The number of fused-ring (bicyclic) bond motifs is 1. The minimum absolute atomic E-state index is 0.153. The van der Waals surface area contributed by atoms with Crippen LogP contribution in [0.5, 0.6) is 0 Å². The topological polar surface area (TPSA) is 61.2 Å². The van der Waals surface area contributed by atoms with E-state index in [1.165, 1.54) is 0 Å². The molecule has 0 N–H and O–H groups in total. The predicted octanol–water partition coefficient (Wildman–Crippen LogP) is 4.53. The molecule has 3 aromatic rings. The molecule has 152 valence electrons. The first kappa shape index (κ1) is 21.2. The van der Waals surface area contributed by atoms with Crippen LogP contribution in [0, 0.1) is 0 Å². The largest absolute Gasteiger partial charge is 0.459 e. The van der Waals surface area contributed by atoms with Crippen LogP contribution in [0.2, 0.25) is 5.15 Å². The van der Waals surface area contributed by atoms with E-state index in [9.17, 15) is 22.8 Å². The molecule has 2 heterocycles. The summed E-state index contributed by atoms with van der Waals surface area (Å²) in [6.45, 7) is -0.878. The second-order valence-electron chi connectivity index (χ2n) is 6.04. The number of rotatable bonds is 5. The van der Waals surface area contributed by atoms with Gasteiger partial charge in [-0.2, -0.15) is 13.2 Å². The molecule has 10 heteroatoms. The van der Waals surface area contributed by atoms with Crippen LogP contribution in [0.25, 0.3) is 10.9 Å². The van der Waals surface area contributed by atoms with Gasteiger partial charge >= 0.3 is 12.1 Å². The highest BCUT2D eigenvalue weighted by atomic mass is 35.5. The van der Waals surface area contributed by atoms with Gasteiger partial charge in [-0.05, 0) is 30.5 Å². The number of halogens is 4. The molecule has 0 radical (unpaired) electrons. The van der Waals surface area contributed by atoms with E-state index >= 15 is 0 Å². The highest BCUT2D eigenvalue weighted by Gasteiger charge is 2.31. The fourth-order valence-electron chi connectivity index (χ4n) is 2.56. The Bertz CT molecular complexity index is 1130. The number of aromatic nitrogens is 2. The maximum atomic E-state index is 12.8. The number of ether oxygens (including phenoxy) is 1. The normalized spacial score (nSPS) is 11.6. The molecule has 2 aromatic heterocycles. The highest BCUT2D eigenvalue weighted by Crippen LogP contribution is 2.28. The quantitative estimate of drug-likeness (QED) is 0.330. The summed E-state index contributed by atoms with van der Waals surface area (Å²) in [7, 11) is 0. The van der Waals surface area contributed by atoms with Crippen molar-refractivity contribution in [3.63, 3.8) is 0 Å². The van der Waals surface area contributed by atoms with Gasteiger partial charge in [0.05, 0.1) is 11.1 Å². The summed E-state index contributed by atoms with van der Waals surface area (Å²) < 4.78 is 44.0. The molecule has 0 aliphatic heterocycles. The summed E-state index contributed by atoms with van der Waals surface area (Å²) in [6.07, 6.45) is -2.11. The van der Waals surface area contributed by atoms with Crippen molar-refractivity contribution in [2.75, 3.05) is 6.26 Å². The fourth-order valence-corrected chi connectivity index (χ4v) is 3.19. The van der Waals surface area contributed by atoms with Gasteiger partial charge in [-0.15, -0.1) is 11.8 Å². The average Bonchev–Trinajstić information content (AvgIpc) is 2.66. The Morgan fingerprint density at radius 2 is 2.00 bits per heavy atom. The Kier molecular flexibility index (Phi) is 6.18. The summed E-state index contributed by atoms with van der Waals surface area (Å²) in [6, 6.07) is 8.78. The molecule has 5 nitrogen and oxygen atoms in total. The third kappa shape index (κ3) is 5.10. The Balaban J connectivity index is 1.73. The van der Waals surface area contributed by atoms with E-state index in [1.807, 2.05) is 24.5 Å². The number of carbonyl (C=O) groups is 1. The van der Waals surface area contributed by atoms with Crippen LogP contribution in [-0.4, -0.2) is 21.8 Å². The monoisotopic (exact) mass is 442 g/mol. The molecule has 0 aliphatic carbocycles. The van der Waals surface area contributed by atoms with Crippen molar-refractivity contribution in [2.45, 2.75) is 24.2 Å². The molecule has 0 amide bonds. The number of alkyl halides is 3. The number of benzene rings is 1. The van der Waals surface area contributed by atoms with E-state index in [0.29, 0.717) is 27.9 Å². The van der Waals surface area contributed by atoms with E-state index in [0.717, 1.165) is 16.3 Å². The van der Waals surface area contributed by atoms with Gasteiger partial charge in [-0.3, -0.25) is 9.59 Å². The molecule has 29 heavy (non-hydrogen) atoms. The molecule has 0 aliphatic rings. The van der Waals surface area contributed by atoms with Crippen LogP contribution in [0.4, 0.5) is 13.2 Å². The van der Waals surface area contributed by atoms with Crippen molar-refractivity contribution in [3.05, 3.63) is 69.2 Å². The first-order valence-corrected chi connectivity index (χ1v) is 9.84. The lowest BCUT2D eigenvalue weighted by Gasteiger charge is -2.11. The lowest BCUT2D eigenvalue weighted by atomic mass is 10.2. The summed E-state index contributed by atoms with van der Waals surface area (Å²) >= 11 is 7.71. The molecular weight excluding hydrogens is 429 g/mol. The molecule has 0 atom stereocenters. The van der Waals surface area contributed by atoms with Crippen LogP contribution in [-0.2, 0) is 28.9 Å². The third-order valence-corrected chi connectivity index (χ3v) is 5.10. The van der Waals surface area contributed by atoms with Gasteiger partial charge in [0.25, 0.3) is 5.56 Å². The maximum Gasteiger partial charge on any atom is 0.417 e. The third-order valence-electron chi connectivity index (χ3n) is 4.05. The zero-order chi connectivity index (χ0) is 21.2. The number of carbonyl (C=O) groups excluding carboxylic acids is 1.